The van der Waals surface area contributed by atoms with Gasteiger partial charge in [0.2, 0.25) is 0 Å². The molecule has 8 heteroatoms. The fourth-order valence-electron chi connectivity index (χ4n) is 3.40. The number of anilines is 1. The van der Waals surface area contributed by atoms with Crippen molar-refractivity contribution in [3.8, 4) is 17.1 Å². The Morgan fingerprint density at radius 1 is 0.969 bits per heavy atom. The van der Waals surface area contributed by atoms with Crippen LogP contribution in [0.1, 0.15) is 16.1 Å². The summed E-state index contributed by atoms with van der Waals surface area (Å²) in [6.07, 6.45) is 1.58. The van der Waals surface area contributed by atoms with E-state index in [1.54, 1.807) is 36.5 Å². The van der Waals surface area contributed by atoms with Gasteiger partial charge in [0.15, 0.2) is 5.82 Å². The molecule has 0 saturated carbocycles. The molecule has 1 amide bonds. The quantitative estimate of drug-likeness (QED) is 0.457. The number of aryl methyl sites for hydroxylation is 1. The lowest BCUT2D eigenvalue weighted by atomic mass is 10.0. The molecule has 0 bridgehead atoms. The molecule has 0 saturated heterocycles. The number of nitrogens with one attached hydrogen (secondary N) is 1. The van der Waals surface area contributed by atoms with Gasteiger partial charge in [0.05, 0.1) is 28.7 Å². The van der Waals surface area contributed by atoms with Crippen LogP contribution in [-0.4, -0.2) is 30.9 Å². The topological polar surface area (TPSA) is 85.6 Å². The minimum absolute atomic E-state index is 0.325. The molecule has 0 spiro atoms. The molecule has 156 valence electrons. The molecule has 0 aliphatic rings. The molecule has 0 fully saturated rings. The summed E-state index contributed by atoms with van der Waals surface area (Å²) in [5, 5.41) is 16.0. The Labute approximate surface area is 182 Å². The molecular weight excluding hydrogens is 407 g/mol. The molecule has 0 aliphatic heterocycles. The number of aromatic nitrogens is 5. The highest BCUT2D eigenvalue weighted by Gasteiger charge is 2.17. The van der Waals surface area contributed by atoms with E-state index in [2.05, 4.69) is 25.6 Å². The van der Waals surface area contributed by atoms with Gasteiger partial charge in [-0.25, -0.2) is 9.37 Å². The Bertz CT molecular complexity index is 1430. The average Bonchev–Trinajstić information content (AvgIpc) is 3.27. The number of nitrogens with zero attached hydrogens (tertiary/aromatic N) is 5. The van der Waals surface area contributed by atoms with Crippen molar-refractivity contribution in [2.45, 2.75) is 6.92 Å². The Kier molecular flexibility index (Phi) is 4.87. The van der Waals surface area contributed by atoms with E-state index >= 15 is 0 Å². The van der Waals surface area contributed by atoms with Crippen molar-refractivity contribution in [3.63, 3.8) is 0 Å². The number of rotatable bonds is 4. The summed E-state index contributed by atoms with van der Waals surface area (Å²) >= 11 is 0. The normalized spacial score (nSPS) is 10.9. The third-order valence-electron chi connectivity index (χ3n) is 4.99. The fourth-order valence-corrected chi connectivity index (χ4v) is 3.40. The second-order valence-electron chi connectivity index (χ2n) is 7.19. The van der Waals surface area contributed by atoms with Crippen LogP contribution in [0.25, 0.3) is 28.0 Å². The third-order valence-corrected chi connectivity index (χ3v) is 4.99. The fraction of sp³-hybridized carbons (Fsp3) is 0.0417. The molecule has 5 rings (SSSR count). The number of halogens is 1. The predicted octanol–water partition coefficient (Wildman–Crippen LogP) is 4.58. The third kappa shape index (κ3) is 3.69. The van der Waals surface area contributed by atoms with Gasteiger partial charge in [-0.15, -0.1) is 5.10 Å². The molecule has 0 radical (unpaired) electrons. The first-order valence-corrected chi connectivity index (χ1v) is 9.90. The first-order valence-electron chi connectivity index (χ1n) is 9.90. The molecule has 5 aromatic rings. The Morgan fingerprint density at radius 3 is 2.56 bits per heavy atom. The van der Waals surface area contributed by atoms with Crippen LogP contribution in [0.4, 0.5) is 10.2 Å². The van der Waals surface area contributed by atoms with E-state index in [0.29, 0.717) is 39.4 Å². The molecule has 0 unspecified atom stereocenters. The molecule has 7 nitrogen and oxygen atoms in total. The molecular formula is C24H17FN6O. The molecule has 1 N–H and O–H groups in total. The molecule has 32 heavy (non-hydrogen) atoms. The van der Waals surface area contributed by atoms with E-state index in [0.717, 1.165) is 5.69 Å². The first-order chi connectivity index (χ1) is 15.6. The second kappa shape index (κ2) is 7.99. The Morgan fingerprint density at radius 2 is 1.78 bits per heavy atom. The van der Waals surface area contributed by atoms with Crippen LogP contribution in [0, 0.1) is 12.7 Å². The maximum Gasteiger partial charge on any atom is 0.257 e. The van der Waals surface area contributed by atoms with Crippen molar-refractivity contribution in [1.82, 2.24) is 25.0 Å². The number of pyridine rings is 1. The van der Waals surface area contributed by atoms with Gasteiger partial charge in [0.25, 0.3) is 5.91 Å². The van der Waals surface area contributed by atoms with Crippen molar-refractivity contribution in [1.29, 1.82) is 0 Å². The minimum Gasteiger partial charge on any atom is -0.306 e. The summed E-state index contributed by atoms with van der Waals surface area (Å²) in [7, 11) is 0. The molecule has 2 aromatic carbocycles. The van der Waals surface area contributed by atoms with E-state index in [9.17, 15) is 9.18 Å². The van der Waals surface area contributed by atoms with Crippen molar-refractivity contribution in [2.24, 2.45) is 0 Å². The number of amides is 1. The highest BCUT2D eigenvalue weighted by Crippen LogP contribution is 2.26. The SMILES string of the molecule is Cc1ccc(-n2nccc2NC(=O)c2cc(-c3ccc(F)cc3)nc3ccccc23)nn1. The van der Waals surface area contributed by atoms with Gasteiger partial charge >= 0.3 is 0 Å². The maximum absolute atomic E-state index is 13.4. The van der Waals surface area contributed by atoms with E-state index in [4.69, 9.17) is 0 Å². The minimum atomic E-state index is -0.333. The Hall–Kier alpha value is -4.46. The number of carbonyl (C=O) groups is 1. The van der Waals surface area contributed by atoms with Crippen LogP contribution in [0.2, 0.25) is 0 Å². The molecule has 3 heterocycles. The van der Waals surface area contributed by atoms with Gasteiger partial charge in [0, 0.05) is 17.0 Å². The van der Waals surface area contributed by atoms with Crippen molar-refractivity contribution in [3.05, 3.63) is 96.1 Å². The number of benzene rings is 2. The van der Waals surface area contributed by atoms with E-state index in [1.807, 2.05) is 37.3 Å². The van der Waals surface area contributed by atoms with Gasteiger partial charge in [0.1, 0.15) is 11.6 Å². The summed E-state index contributed by atoms with van der Waals surface area (Å²) in [4.78, 5) is 18.0. The van der Waals surface area contributed by atoms with Crippen LogP contribution in [0.3, 0.4) is 0 Å². The monoisotopic (exact) mass is 424 g/mol. The lowest BCUT2D eigenvalue weighted by Gasteiger charge is -2.11. The average molecular weight is 424 g/mol. The van der Waals surface area contributed by atoms with Crippen molar-refractivity contribution < 1.29 is 9.18 Å². The van der Waals surface area contributed by atoms with Crippen LogP contribution in [0.5, 0.6) is 0 Å². The summed E-state index contributed by atoms with van der Waals surface area (Å²) < 4.78 is 14.9. The standard InChI is InChI=1S/C24H17FN6O/c1-15-6-11-23(30-29-15)31-22(12-13-26-31)28-24(32)19-14-21(16-7-9-17(25)10-8-16)27-20-5-3-2-4-18(19)20/h2-14H,1H3,(H,28,32). The Balaban J connectivity index is 1.55. The molecule has 0 aliphatic carbocycles. The van der Waals surface area contributed by atoms with Crippen LogP contribution >= 0.6 is 0 Å². The van der Waals surface area contributed by atoms with Gasteiger partial charge in [-0.2, -0.15) is 14.9 Å². The predicted molar refractivity (Wildman–Crippen MR) is 119 cm³/mol. The number of para-hydroxylation sites is 1. The first kappa shape index (κ1) is 19.5. The lowest BCUT2D eigenvalue weighted by molar-refractivity contribution is 0.102. The van der Waals surface area contributed by atoms with E-state index < -0.39 is 0 Å². The van der Waals surface area contributed by atoms with Gasteiger partial charge < -0.3 is 5.32 Å². The second-order valence-corrected chi connectivity index (χ2v) is 7.19. The van der Waals surface area contributed by atoms with Crippen LogP contribution in [0.15, 0.2) is 79.0 Å². The zero-order chi connectivity index (χ0) is 22.1. The zero-order valence-corrected chi connectivity index (χ0v) is 17.0. The summed E-state index contributed by atoms with van der Waals surface area (Å²) in [5.41, 5.74) is 3.18. The highest BCUT2D eigenvalue weighted by molar-refractivity contribution is 6.12. The smallest absolute Gasteiger partial charge is 0.257 e. The largest absolute Gasteiger partial charge is 0.306 e. The number of carbonyl (C=O) groups excluding carboxylic acids is 1. The van der Waals surface area contributed by atoms with Gasteiger partial charge in [-0.3, -0.25) is 4.79 Å². The zero-order valence-electron chi connectivity index (χ0n) is 17.0. The molecule has 0 atom stereocenters. The van der Waals surface area contributed by atoms with Gasteiger partial charge in [-0.05, 0) is 55.5 Å². The van der Waals surface area contributed by atoms with Crippen molar-refractivity contribution in [2.75, 3.05) is 5.32 Å². The number of hydrogen-bond acceptors (Lipinski definition) is 5. The van der Waals surface area contributed by atoms with Crippen molar-refractivity contribution >= 4 is 22.6 Å². The lowest BCUT2D eigenvalue weighted by Crippen LogP contribution is -2.16. The maximum atomic E-state index is 13.4. The summed E-state index contributed by atoms with van der Waals surface area (Å²) in [5.74, 6) is 0.286. The number of hydrogen-bond donors (Lipinski definition) is 1. The van der Waals surface area contributed by atoms with Gasteiger partial charge in [-0.1, -0.05) is 18.2 Å². The van der Waals surface area contributed by atoms with Crippen LogP contribution < -0.4 is 5.32 Å². The summed E-state index contributed by atoms with van der Waals surface area (Å²) in [6.45, 7) is 1.84. The van der Waals surface area contributed by atoms with E-state index in [-0.39, 0.29) is 11.7 Å². The highest BCUT2D eigenvalue weighted by atomic mass is 19.1. The summed E-state index contributed by atoms with van der Waals surface area (Å²) in [6, 6.07) is 20.4. The van der Waals surface area contributed by atoms with Crippen LogP contribution in [-0.2, 0) is 0 Å². The van der Waals surface area contributed by atoms with E-state index in [1.165, 1.54) is 16.8 Å². The number of fused-ring (bicyclic) bond motifs is 1. The molecule has 3 aromatic heterocycles.